The molecule has 2 aromatic rings. The number of carbonyl (C=O) groups is 2. The van der Waals surface area contributed by atoms with E-state index in [0.29, 0.717) is 13.2 Å². The number of methoxy groups -OCH3 is 2. The van der Waals surface area contributed by atoms with Crippen molar-refractivity contribution in [1.29, 1.82) is 0 Å². The summed E-state index contributed by atoms with van der Waals surface area (Å²) in [4.78, 5) is 30.8. The van der Waals surface area contributed by atoms with Crippen molar-refractivity contribution in [2.45, 2.75) is 38.4 Å². The van der Waals surface area contributed by atoms with E-state index in [0.717, 1.165) is 33.8 Å². The number of carbonyl (C=O) groups excluding carboxylic acids is 2. The van der Waals surface area contributed by atoms with E-state index >= 15 is 0 Å². The molecule has 4 heterocycles. The van der Waals surface area contributed by atoms with Crippen molar-refractivity contribution in [1.82, 2.24) is 9.80 Å². The number of benzene rings is 2. The van der Waals surface area contributed by atoms with Gasteiger partial charge in [0, 0.05) is 28.5 Å². The molecule has 0 saturated carbocycles. The second-order valence-corrected chi connectivity index (χ2v) is 9.85. The Morgan fingerprint density at radius 3 is 1.89 bits per heavy atom. The lowest BCUT2D eigenvalue weighted by Gasteiger charge is -2.28. The Labute approximate surface area is 210 Å². The van der Waals surface area contributed by atoms with Gasteiger partial charge in [0.25, 0.3) is 5.91 Å². The van der Waals surface area contributed by atoms with Crippen molar-refractivity contribution in [3.05, 3.63) is 70.8 Å². The SMILES string of the molecule is COc1ccc([C@H]2OCC3C([C@@H]4[C@H](C)C(=O)N5[C@@H](c6ccc(OC)cc6)OC[C@H]45)=C(C)C(=O)N32)cc1. The Kier molecular flexibility index (Phi) is 5.53. The Bertz CT molecular complexity index is 1220. The third kappa shape index (κ3) is 3.28. The van der Waals surface area contributed by atoms with Crippen molar-refractivity contribution in [3.63, 3.8) is 0 Å². The highest BCUT2D eigenvalue weighted by molar-refractivity contribution is 5.98. The smallest absolute Gasteiger partial charge is 0.252 e. The van der Waals surface area contributed by atoms with Gasteiger partial charge in [-0.1, -0.05) is 31.2 Å². The number of nitrogens with zero attached hydrogens (tertiary/aromatic N) is 2. The number of amides is 2. The minimum atomic E-state index is -0.462. The topological polar surface area (TPSA) is 77.5 Å². The molecule has 0 radical (unpaired) electrons. The maximum atomic E-state index is 13.5. The van der Waals surface area contributed by atoms with Gasteiger partial charge in [-0.15, -0.1) is 0 Å². The monoisotopic (exact) mass is 490 g/mol. The first-order chi connectivity index (χ1) is 17.4. The standard InChI is InChI=1S/C28H30N2O6/c1-15-23(21-13-35-27(29(21)25(15)31)17-5-9-19(33-3)10-6-17)24-16(2)26(32)30-22(24)14-36-28(30)18-7-11-20(34-4)12-8-18/h5-12,15,21-23,27-28H,13-14H2,1-4H3/t15-,21+,22?,23+,27+,28+/m0/s1. The van der Waals surface area contributed by atoms with E-state index in [4.69, 9.17) is 18.9 Å². The Balaban J connectivity index is 1.29. The van der Waals surface area contributed by atoms with Gasteiger partial charge in [0.05, 0.1) is 39.5 Å². The van der Waals surface area contributed by atoms with Gasteiger partial charge in [0.1, 0.15) is 11.5 Å². The molecule has 8 nitrogen and oxygen atoms in total. The lowest BCUT2D eigenvalue weighted by molar-refractivity contribution is -0.137. The zero-order valence-corrected chi connectivity index (χ0v) is 20.8. The second kappa shape index (κ2) is 8.64. The molecule has 6 atom stereocenters. The second-order valence-electron chi connectivity index (χ2n) is 9.85. The highest BCUT2D eigenvalue weighted by Gasteiger charge is 2.59. The fourth-order valence-electron chi connectivity index (χ4n) is 6.36. The zero-order chi connectivity index (χ0) is 25.1. The third-order valence-corrected chi connectivity index (χ3v) is 8.14. The first kappa shape index (κ1) is 23.1. The molecule has 2 aromatic carbocycles. The van der Waals surface area contributed by atoms with Gasteiger partial charge in [-0.05, 0) is 36.8 Å². The molecular weight excluding hydrogens is 460 g/mol. The van der Waals surface area contributed by atoms with Crippen LogP contribution in [0.4, 0.5) is 0 Å². The van der Waals surface area contributed by atoms with Crippen LogP contribution in [0.3, 0.4) is 0 Å². The van der Waals surface area contributed by atoms with E-state index in [2.05, 4.69) is 0 Å². The van der Waals surface area contributed by atoms with E-state index in [9.17, 15) is 9.59 Å². The van der Waals surface area contributed by atoms with Gasteiger partial charge in [0.15, 0.2) is 12.5 Å². The molecule has 188 valence electrons. The highest BCUT2D eigenvalue weighted by atomic mass is 16.5. The van der Waals surface area contributed by atoms with E-state index in [-0.39, 0.29) is 35.7 Å². The minimum Gasteiger partial charge on any atom is -0.497 e. The summed E-state index contributed by atoms with van der Waals surface area (Å²) in [5.74, 6) is 1.17. The normalized spacial score (nSPS) is 31.3. The molecule has 36 heavy (non-hydrogen) atoms. The predicted molar refractivity (Wildman–Crippen MR) is 130 cm³/mol. The average Bonchev–Trinajstić information content (AvgIpc) is 3.64. The molecule has 0 N–H and O–H groups in total. The van der Waals surface area contributed by atoms with Gasteiger partial charge in [-0.25, -0.2) is 0 Å². The van der Waals surface area contributed by atoms with Crippen LogP contribution in [0, 0.1) is 11.8 Å². The van der Waals surface area contributed by atoms with Gasteiger partial charge >= 0.3 is 0 Å². The Morgan fingerprint density at radius 2 is 1.33 bits per heavy atom. The van der Waals surface area contributed by atoms with Crippen LogP contribution in [0.5, 0.6) is 11.5 Å². The summed E-state index contributed by atoms with van der Waals surface area (Å²) in [6.07, 6.45) is -0.905. The summed E-state index contributed by atoms with van der Waals surface area (Å²) in [6, 6.07) is 14.9. The number of ether oxygens (including phenoxy) is 4. The van der Waals surface area contributed by atoms with Crippen LogP contribution in [0.2, 0.25) is 0 Å². The highest BCUT2D eigenvalue weighted by Crippen LogP contribution is 2.51. The summed E-state index contributed by atoms with van der Waals surface area (Å²) in [5, 5.41) is 0. The first-order valence-corrected chi connectivity index (χ1v) is 12.3. The summed E-state index contributed by atoms with van der Waals surface area (Å²) in [6.45, 7) is 4.69. The number of hydrogen-bond donors (Lipinski definition) is 0. The lowest BCUT2D eigenvalue weighted by Crippen LogP contribution is -2.37. The van der Waals surface area contributed by atoms with Crippen molar-refractivity contribution in [2.75, 3.05) is 27.4 Å². The Hall–Kier alpha value is -3.36. The van der Waals surface area contributed by atoms with Crippen LogP contribution in [-0.4, -0.2) is 61.1 Å². The van der Waals surface area contributed by atoms with Crippen LogP contribution < -0.4 is 9.47 Å². The van der Waals surface area contributed by atoms with Crippen LogP contribution in [0.1, 0.15) is 37.4 Å². The number of hydrogen-bond acceptors (Lipinski definition) is 6. The van der Waals surface area contributed by atoms with Gasteiger partial charge in [-0.3, -0.25) is 14.5 Å². The molecule has 4 aliphatic heterocycles. The fourth-order valence-corrected chi connectivity index (χ4v) is 6.36. The molecule has 3 saturated heterocycles. The van der Waals surface area contributed by atoms with Crippen LogP contribution in [0.25, 0.3) is 0 Å². The van der Waals surface area contributed by atoms with Crippen molar-refractivity contribution < 1.29 is 28.5 Å². The molecule has 0 aliphatic carbocycles. The molecule has 2 amide bonds. The van der Waals surface area contributed by atoms with Crippen molar-refractivity contribution in [2.24, 2.45) is 11.8 Å². The van der Waals surface area contributed by atoms with Gasteiger partial charge < -0.3 is 23.8 Å². The van der Waals surface area contributed by atoms with Crippen LogP contribution in [-0.2, 0) is 19.1 Å². The van der Waals surface area contributed by atoms with E-state index in [1.807, 2.05) is 72.2 Å². The quantitative estimate of drug-likeness (QED) is 0.639. The van der Waals surface area contributed by atoms with Crippen LogP contribution >= 0.6 is 0 Å². The summed E-state index contributed by atoms with van der Waals surface area (Å²) in [5.41, 5.74) is 3.56. The molecule has 6 rings (SSSR count). The van der Waals surface area contributed by atoms with E-state index < -0.39 is 12.5 Å². The van der Waals surface area contributed by atoms with Gasteiger partial charge in [-0.2, -0.15) is 0 Å². The van der Waals surface area contributed by atoms with Gasteiger partial charge in [0.2, 0.25) is 5.91 Å². The number of rotatable bonds is 5. The third-order valence-electron chi connectivity index (χ3n) is 8.14. The molecule has 1 unspecified atom stereocenters. The van der Waals surface area contributed by atoms with Crippen molar-refractivity contribution in [3.8, 4) is 11.5 Å². The number of fused-ring (bicyclic) bond motifs is 2. The Morgan fingerprint density at radius 1 is 0.806 bits per heavy atom. The zero-order valence-electron chi connectivity index (χ0n) is 20.8. The largest absolute Gasteiger partial charge is 0.497 e. The van der Waals surface area contributed by atoms with Crippen molar-refractivity contribution >= 4 is 11.8 Å². The lowest BCUT2D eigenvalue weighted by atomic mass is 9.80. The maximum absolute atomic E-state index is 13.5. The molecule has 0 spiro atoms. The van der Waals surface area contributed by atoms with Crippen LogP contribution in [0.15, 0.2) is 59.7 Å². The van der Waals surface area contributed by atoms with E-state index in [1.165, 1.54) is 0 Å². The fraction of sp³-hybridized carbons (Fsp3) is 0.429. The molecule has 4 aliphatic rings. The molecule has 0 aromatic heterocycles. The molecule has 3 fully saturated rings. The predicted octanol–water partition coefficient (Wildman–Crippen LogP) is 3.45. The van der Waals surface area contributed by atoms with E-state index in [1.54, 1.807) is 14.2 Å². The molecular formula is C28H30N2O6. The maximum Gasteiger partial charge on any atom is 0.252 e. The summed E-state index contributed by atoms with van der Waals surface area (Å²) < 4.78 is 22.9. The molecule has 0 bridgehead atoms. The minimum absolute atomic E-state index is 0.0305. The summed E-state index contributed by atoms with van der Waals surface area (Å²) >= 11 is 0. The molecule has 8 heteroatoms. The average molecular weight is 491 g/mol. The first-order valence-electron chi connectivity index (χ1n) is 12.3. The summed E-state index contributed by atoms with van der Waals surface area (Å²) in [7, 11) is 3.25.